The van der Waals surface area contributed by atoms with E-state index in [0.717, 1.165) is 11.1 Å². The molecule has 2 aromatic heterocycles. The summed E-state index contributed by atoms with van der Waals surface area (Å²) in [6.45, 7) is 0.415. The number of H-pyrrole nitrogens is 1. The van der Waals surface area contributed by atoms with Gasteiger partial charge in [0.05, 0.1) is 6.33 Å². The number of aromatic amines is 1. The molecule has 0 aliphatic rings. The maximum atomic E-state index is 12.1. The third-order valence-electron chi connectivity index (χ3n) is 4.20. The summed E-state index contributed by atoms with van der Waals surface area (Å²) in [7, 11) is 0. The number of benzene rings is 2. The van der Waals surface area contributed by atoms with Crippen LogP contribution < -0.4 is 16.0 Å². The zero-order valence-electron chi connectivity index (χ0n) is 14.5. The van der Waals surface area contributed by atoms with Crippen molar-refractivity contribution < 1.29 is 14.6 Å². The maximum absolute atomic E-state index is 12.1. The minimum absolute atomic E-state index is 0.0225. The summed E-state index contributed by atoms with van der Waals surface area (Å²) in [5.74, 6) is 0.285. The number of para-hydroxylation sites is 1. The molecule has 0 spiro atoms. The molecule has 4 aromatic rings. The van der Waals surface area contributed by atoms with Crippen LogP contribution in [0.4, 0.5) is 10.7 Å². The number of hydrogen-bond acceptors (Lipinski definition) is 6. The Balaban J connectivity index is 1.64. The van der Waals surface area contributed by atoms with Gasteiger partial charge in [-0.15, -0.1) is 0 Å². The van der Waals surface area contributed by atoms with Crippen LogP contribution in [0.1, 0.15) is 5.56 Å². The molecule has 0 amide bonds. The topological polar surface area (TPSA) is 136 Å². The SMILES string of the molecule is Nc1nc2ncn(Cc3ccc(-c4ccccc4OC(=O)O)cc3)c2c(=O)[nH]1. The summed E-state index contributed by atoms with van der Waals surface area (Å²) in [6.07, 6.45) is 0.173. The average molecular weight is 377 g/mol. The molecule has 28 heavy (non-hydrogen) atoms. The monoisotopic (exact) mass is 377 g/mol. The van der Waals surface area contributed by atoms with Gasteiger partial charge in [0, 0.05) is 12.1 Å². The number of nitrogen functional groups attached to an aromatic ring is 1. The van der Waals surface area contributed by atoms with E-state index in [-0.39, 0.29) is 22.9 Å². The van der Waals surface area contributed by atoms with Gasteiger partial charge in [0.2, 0.25) is 5.95 Å². The van der Waals surface area contributed by atoms with Gasteiger partial charge < -0.3 is 20.1 Å². The summed E-state index contributed by atoms with van der Waals surface area (Å²) >= 11 is 0. The minimum atomic E-state index is -1.37. The number of fused-ring (bicyclic) bond motifs is 1. The molecule has 0 fully saturated rings. The summed E-state index contributed by atoms with van der Waals surface area (Å²) in [4.78, 5) is 33.6. The maximum Gasteiger partial charge on any atom is 0.511 e. The van der Waals surface area contributed by atoms with Gasteiger partial charge in [0.15, 0.2) is 11.2 Å². The number of nitrogens with two attached hydrogens (primary N) is 1. The van der Waals surface area contributed by atoms with E-state index in [9.17, 15) is 9.59 Å². The highest BCUT2D eigenvalue weighted by molar-refractivity contribution is 5.74. The number of aromatic nitrogens is 4. The van der Waals surface area contributed by atoms with Gasteiger partial charge in [-0.1, -0.05) is 42.5 Å². The second kappa shape index (κ2) is 6.88. The van der Waals surface area contributed by atoms with Crippen molar-refractivity contribution in [3.8, 4) is 16.9 Å². The second-order valence-electron chi connectivity index (χ2n) is 6.06. The molecule has 0 aliphatic carbocycles. The first-order valence-electron chi connectivity index (χ1n) is 8.31. The molecule has 4 N–H and O–H groups in total. The molecule has 9 nitrogen and oxygen atoms in total. The molecule has 0 atom stereocenters. The standard InChI is InChI=1S/C19H15N5O4/c20-18-22-16-15(17(25)23-18)24(10-21-16)9-11-5-7-12(8-6-11)13-3-1-2-4-14(13)28-19(26)27/h1-8,10H,9H2,(H,26,27)(H3,20,22,23,25). The van der Waals surface area contributed by atoms with Crippen molar-refractivity contribution >= 4 is 23.3 Å². The first-order chi connectivity index (χ1) is 13.5. The van der Waals surface area contributed by atoms with Gasteiger partial charge in [-0.2, -0.15) is 4.98 Å². The summed E-state index contributed by atoms with van der Waals surface area (Å²) in [5, 5.41) is 8.88. The van der Waals surface area contributed by atoms with Gasteiger partial charge in [-0.3, -0.25) is 9.78 Å². The van der Waals surface area contributed by atoms with Crippen molar-refractivity contribution in [3.05, 3.63) is 70.8 Å². The second-order valence-corrected chi connectivity index (χ2v) is 6.06. The van der Waals surface area contributed by atoms with Crippen molar-refractivity contribution in [2.24, 2.45) is 0 Å². The van der Waals surface area contributed by atoms with Crippen LogP contribution in [0.5, 0.6) is 5.75 Å². The zero-order chi connectivity index (χ0) is 19.7. The van der Waals surface area contributed by atoms with Crippen LogP contribution in [0, 0.1) is 0 Å². The third-order valence-corrected chi connectivity index (χ3v) is 4.20. The fourth-order valence-corrected chi connectivity index (χ4v) is 3.00. The quantitative estimate of drug-likeness (QED) is 0.367. The zero-order valence-corrected chi connectivity index (χ0v) is 14.5. The Morgan fingerprint density at radius 3 is 2.68 bits per heavy atom. The smallest absolute Gasteiger partial charge is 0.449 e. The lowest BCUT2D eigenvalue weighted by atomic mass is 10.0. The summed E-state index contributed by atoms with van der Waals surface area (Å²) < 4.78 is 6.53. The lowest BCUT2D eigenvalue weighted by molar-refractivity contribution is 0.144. The van der Waals surface area contributed by atoms with Crippen molar-refractivity contribution in [2.75, 3.05) is 5.73 Å². The number of anilines is 1. The van der Waals surface area contributed by atoms with E-state index in [1.165, 1.54) is 6.33 Å². The number of nitrogens with zero attached hydrogens (tertiary/aromatic N) is 3. The molecule has 0 bridgehead atoms. The Morgan fingerprint density at radius 2 is 1.93 bits per heavy atom. The Bertz CT molecular complexity index is 1230. The number of rotatable bonds is 4. The van der Waals surface area contributed by atoms with E-state index in [2.05, 4.69) is 15.0 Å². The molecule has 0 radical (unpaired) electrons. The van der Waals surface area contributed by atoms with Gasteiger partial charge in [0.1, 0.15) is 5.75 Å². The van der Waals surface area contributed by atoms with E-state index in [4.69, 9.17) is 15.6 Å². The molecule has 0 saturated heterocycles. The lowest BCUT2D eigenvalue weighted by Crippen LogP contribution is -2.14. The molecular formula is C19H15N5O4. The normalized spacial score (nSPS) is 10.9. The van der Waals surface area contributed by atoms with Crippen LogP contribution in [0.3, 0.4) is 0 Å². The molecule has 0 aliphatic heterocycles. The number of carbonyl (C=O) groups is 1. The van der Waals surface area contributed by atoms with E-state index in [0.29, 0.717) is 17.6 Å². The molecular weight excluding hydrogens is 362 g/mol. The van der Waals surface area contributed by atoms with Gasteiger partial charge in [-0.25, -0.2) is 9.78 Å². The average Bonchev–Trinajstić information content (AvgIpc) is 3.05. The largest absolute Gasteiger partial charge is 0.511 e. The molecule has 4 rings (SSSR count). The highest BCUT2D eigenvalue weighted by Crippen LogP contribution is 2.30. The van der Waals surface area contributed by atoms with E-state index in [1.54, 1.807) is 28.8 Å². The predicted molar refractivity (Wildman–Crippen MR) is 102 cm³/mol. The van der Waals surface area contributed by atoms with Crippen LogP contribution >= 0.6 is 0 Å². The first kappa shape index (κ1) is 17.3. The molecule has 0 saturated carbocycles. The molecule has 0 unspecified atom stereocenters. The number of imidazole rings is 1. The Hall–Kier alpha value is -4.14. The molecule has 2 aromatic carbocycles. The fraction of sp³-hybridized carbons (Fsp3) is 0.0526. The fourth-order valence-electron chi connectivity index (χ4n) is 3.00. The van der Waals surface area contributed by atoms with Crippen LogP contribution in [0.25, 0.3) is 22.3 Å². The van der Waals surface area contributed by atoms with Crippen molar-refractivity contribution in [1.82, 2.24) is 19.5 Å². The lowest BCUT2D eigenvalue weighted by Gasteiger charge is -2.09. The van der Waals surface area contributed by atoms with Crippen LogP contribution in [0.15, 0.2) is 59.7 Å². The predicted octanol–water partition coefficient (Wildman–Crippen LogP) is 2.47. The number of nitrogens with one attached hydrogen (secondary N) is 1. The van der Waals surface area contributed by atoms with Crippen LogP contribution in [-0.2, 0) is 6.54 Å². The first-order valence-corrected chi connectivity index (χ1v) is 8.31. The minimum Gasteiger partial charge on any atom is -0.449 e. The number of carboxylic acid groups (broad SMARTS) is 1. The Kier molecular flexibility index (Phi) is 4.24. The van der Waals surface area contributed by atoms with E-state index >= 15 is 0 Å². The summed E-state index contributed by atoms with van der Waals surface area (Å²) in [5.41, 5.74) is 8.23. The highest BCUT2D eigenvalue weighted by atomic mass is 16.7. The third kappa shape index (κ3) is 3.28. The number of hydrogen-bond donors (Lipinski definition) is 3. The Labute approximate surface area is 158 Å². The van der Waals surface area contributed by atoms with Crippen LogP contribution in [-0.4, -0.2) is 30.8 Å². The van der Waals surface area contributed by atoms with Crippen molar-refractivity contribution in [2.45, 2.75) is 6.54 Å². The number of ether oxygens (including phenoxy) is 1. The molecule has 2 heterocycles. The van der Waals surface area contributed by atoms with E-state index < -0.39 is 6.16 Å². The van der Waals surface area contributed by atoms with E-state index in [1.807, 2.05) is 24.3 Å². The van der Waals surface area contributed by atoms with Crippen molar-refractivity contribution in [1.29, 1.82) is 0 Å². The van der Waals surface area contributed by atoms with Crippen LogP contribution in [0.2, 0.25) is 0 Å². The Morgan fingerprint density at radius 1 is 1.18 bits per heavy atom. The van der Waals surface area contributed by atoms with Gasteiger partial charge in [-0.05, 0) is 17.2 Å². The van der Waals surface area contributed by atoms with Crippen molar-refractivity contribution in [3.63, 3.8) is 0 Å². The molecule has 140 valence electrons. The van der Waals surface area contributed by atoms with Gasteiger partial charge in [0.25, 0.3) is 5.56 Å². The summed E-state index contributed by atoms with van der Waals surface area (Å²) in [6, 6.07) is 14.4. The molecule has 9 heteroatoms. The van der Waals surface area contributed by atoms with Gasteiger partial charge >= 0.3 is 6.16 Å². The highest BCUT2D eigenvalue weighted by Gasteiger charge is 2.11.